The summed E-state index contributed by atoms with van der Waals surface area (Å²) >= 11 is 6.19. The molecule has 0 saturated heterocycles. The van der Waals surface area contributed by atoms with Crippen LogP contribution in [0.4, 0.5) is 0 Å². The summed E-state index contributed by atoms with van der Waals surface area (Å²) in [6.07, 6.45) is 9.19. The Morgan fingerprint density at radius 1 is 1.25 bits per heavy atom. The molecule has 110 valence electrons. The van der Waals surface area contributed by atoms with Crippen LogP contribution in [0, 0.1) is 0 Å². The molecule has 0 heterocycles. The number of ether oxygens (including phenoxy) is 1. The minimum atomic E-state index is 0.500. The van der Waals surface area contributed by atoms with Gasteiger partial charge in [-0.25, -0.2) is 0 Å². The molecular formula is C17H23ClO2. The Morgan fingerprint density at radius 2 is 2.00 bits per heavy atom. The number of carbonyl (C=O) groups excluding carboxylic acids is 1. The molecule has 0 saturated carbocycles. The molecule has 0 aliphatic heterocycles. The van der Waals surface area contributed by atoms with Gasteiger partial charge >= 0.3 is 0 Å². The second kappa shape index (κ2) is 9.60. The van der Waals surface area contributed by atoms with E-state index in [0.29, 0.717) is 29.4 Å². The third-order valence-electron chi connectivity index (χ3n) is 3.14. The van der Waals surface area contributed by atoms with E-state index in [-0.39, 0.29) is 0 Å². The first-order chi connectivity index (χ1) is 9.72. The minimum Gasteiger partial charge on any atom is -0.492 e. The molecule has 0 aliphatic rings. The Labute approximate surface area is 126 Å². The molecular weight excluding hydrogens is 272 g/mol. The van der Waals surface area contributed by atoms with Gasteiger partial charge in [-0.3, -0.25) is 4.79 Å². The normalized spacial score (nSPS) is 10.3. The molecule has 0 amide bonds. The number of rotatable bonds is 10. The molecule has 0 fully saturated rings. The Kier molecular flexibility index (Phi) is 8.05. The fourth-order valence-corrected chi connectivity index (χ4v) is 2.39. The van der Waals surface area contributed by atoms with Crippen LogP contribution < -0.4 is 4.74 Å². The largest absolute Gasteiger partial charge is 0.492 e. The molecule has 3 heteroatoms. The fraction of sp³-hybridized carbons (Fsp3) is 0.471. The second-order valence-corrected chi connectivity index (χ2v) is 5.27. The SMILES string of the molecule is C=CCc1cc(C=O)cc(Cl)c1OCCCCCCC. The van der Waals surface area contributed by atoms with Crippen molar-refractivity contribution in [2.45, 2.75) is 45.4 Å². The number of allylic oxidation sites excluding steroid dienone is 1. The third kappa shape index (κ3) is 5.38. The van der Waals surface area contributed by atoms with E-state index in [1.807, 2.05) is 6.07 Å². The smallest absolute Gasteiger partial charge is 0.150 e. The van der Waals surface area contributed by atoms with Crippen LogP contribution in [0.25, 0.3) is 0 Å². The summed E-state index contributed by atoms with van der Waals surface area (Å²) < 4.78 is 5.80. The van der Waals surface area contributed by atoms with Gasteiger partial charge in [-0.2, -0.15) is 0 Å². The number of hydrogen-bond acceptors (Lipinski definition) is 2. The maximum Gasteiger partial charge on any atom is 0.150 e. The van der Waals surface area contributed by atoms with Gasteiger partial charge in [0.15, 0.2) is 0 Å². The van der Waals surface area contributed by atoms with E-state index in [0.717, 1.165) is 18.3 Å². The molecule has 1 aromatic rings. The molecule has 0 spiro atoms. The molecule has 1 aromatic carbocycles. The Hall–Kier alpha value is -1.28. The Morgan fingerprint density at radius 3 is 2.65 bits per heavy atom. The van der Waals surface area contributed by atoms with Crippen LogP contribution in [-0.4, -0.2) is 12.9 Å². The van der Waals surface area contributed by atoms with Crippen LogP contribution in [-0.2, 0) is 6.42 Å². The first kappa shape index (κ1) is 16.8. The average molecular weight is 295 g/mol. The average Bonchev–Trinajstić information content (AvgIpc) is 2.44. The summed E-state index contributed by atoms with van der Waals surface area (Å²) in [6, 6.07) is 3.46. The number of hydrogen-bond donors (Lipinski definition) is 0. The lowest BCUT2D eigenvalue weighted by atomic mass is 10.1. The van der Waals surface area contributed by atoms with E-state index in [2.05, 4.69) is 13.5 Å². The van der Waals surface area contributed by atoms with Crippen molar-refractivity contribution in [1.82, 2.24) is 0 Å². The van der Waals surface area contributed by atoms with Crippen molar-refractivity contribution in [2.24, 2.45) is 0 Å². The van der Waals surface area contributed by atoms with Gasteiger partial charge < -0.3 is 4.74 Å². The zero-order valence-electron chi connectivity index (χ0n) is 12.2. The van der Waals surface area contributed by atoms with Gasteiger partial charge in [-0.15, -0.1) is 6.58 Å². The van der Waals surface area contributed by atoms with Crippen LogP contribution in [0.2, 0.25) is 5.02 Å². The molecule has 0 unspecified atom stereocenters. The highest BCUT2D eigenvalue weighted by Gasteiger charge is 2.10. The van der Waals surface area contributed by atoms with Crippen LogP contribution >= 0.6 is 11.6 Å². The fourth-order valence-electron chi connectivity index (χ4n) is 2.09. The minimum absolute atomic E-state index is 0.500. The first-order valence-corrected chi connectivity index (χ1v) is 7.62. The molecule has 0 aromatic heterocycles. The Balaban J connectivity index is 2.63. The standard InChI is InChI=1S/C17H23ClO2/c1-3-5-6-7-8-10-20-17-15(9-4-2)11-14(13-19)12-16(17)18/h4,11-13H,2-3,5-10H2,1H3. The van der Waals surface area contributed by atoms with Crippen molar-refractivity contribution in [3.8, 4) is 5.75 Å². The molecule has 0 aliphatic carbocycles. The maximum absolute atomic E-state index is 10.9. The third-order valence-corrected chi connectivity index (χ3v) is 3.42. The summed E-state index contributed by atoms with van der Waals surface area (Å²) in [5.41, 5.74) is 1.49. The second-order valence-electron chi connectivity index (χ2n) is 4.86. The molecule has 0 atom stereocenters. The highest BCUT2D eigenvalue weighted by atomic mass is 35.5. The van der Waals surface area contributed by atoms with Gasteiger partial charge in [0, 0.05) is 11.1 Å². The van der Waals surface area contributed by atoms with Crippen LogP contribution in [0.3, 0.4) is 0 Å². The Bertz CT molecular complexity index is 441. The lowest BCUT2D eigenvalue weighted by Crippen LogP contribution is -2.02. The van der Waals surface area contributed by atoms with Crippen molar-refractivity contribution in [3.05, 3.63) is 40.9 Å². The molecule has 0 N–H and O–H groups in total. The van der Waals surface area contributed by atoms with Gasteiger partial charge in [-0.05, 0) is 25.0 Å². The predicted molar refractivity (Wildman–Crippen MR) is 85.0 cm³/mol. The zero-order chi connectivity index (χ0) is 14.8. The maximum atomic E-state index is 10.9. The van der Waals surface area contributed by atoms with Crippen molar-refractivity contribution in [2.75, 3.05) is 6.61 Å². The van der Waals surface area contributed by atoms with E-state index >= 15 is 0 Å². The quantitative estimate of drug-likeness (QED) is 0.335. The summed E-state index contributed by atoms with van der Waals surface area (Å²) in [7, 11) is 0. The number of halogens is 1. The monoisotopic (exact) mass is 294 g/mol. The zero-order valence-corrected chi connectivity index (χ0v) is 12.9. The van der Waals surface area contributed by atoms with Crippen LogP contribution in [0.5, 0.6) is 5.75 Å². The van der Waals surface area contributed by atoms with Crippen LogP contribution in [0.15, 0.2) is 24.8 Å². The molecule has 0 radical (unpaired) electrons. The lowest BCUT2D eigenvalue weighted by molar-refractivity contribution is 0.112. The van der Waals surface area contributed by atoms with E-state index in [4.69, 9.17) is 16.3 Å². The lowest BCUT2D eigenvalue weighted by Gasteiger charge is -2.13. The van der Waals surface area contributed by atoms with E-state index in [9.17, 15) is 4.79 Å². The highest BCUT2D eigenvalue weighted by Crippen LogP contribution is 2.31. The van der Waals surface area contributed by atoms with Gasteiger partial charge in [-0.1, -0.05) is 50.3 Å². The van der Waals surface area contributed by atoms with E-state index in [1.165, 1.54) is 25.7 Å². The number of aldehydes is 1. The van der Waals surface area contributed by atoms with Crippen molar-refractivity contribution in [3.63, 3.8) is 0 Å². The van der Waals surface area contributed by atoms with Gasteiger partial charge in [0.25, 0.3) is 0 Å². The van der Waals surface area contributed by atoms with Gasteiger partial charge in [0.05, 0.1) is 11.6 Å². The van der Waals surface area contributed by atoms with Gasteiger partial charge in [0.2, 0.25) is 0 Å². The predicted octanol–water partition coefficient (Wildman–Crippen LogP) is 5.23. The summed E-state index contributed by atoms with van der Waals surface area (Å²) in [6.45, 7) is 6.59. The van der Waals surface area contributed by atoms with Crippen molar-refractivity contribution >= 4 is 17.9 Å². The molecule has 1 rings (SSSR count). The van der Waals surface area contributed by atoms with Crippen molar-refractivity contribution in [1.29, 1.82) is 0 Å². The van der Waals surface area contributed by atoms with Gasteiger partial charge in [0.1, 0.15) is 12.0 Å². The molecule has 20 heavy (non-hydrogen) atoms. The molecule has 0 bridgehead atoms. The summed E-state index contributed by atoms with van der Waals surface area (Å²) in [5, 5.41) is 0.500. The van der Waals surface area contributed by atoms with E-state index in [1.54, 1.807) is 12.1 Å². The number of carbonyl (C=O) groups is 1. The highest BCUT2D eigenvalue weighted by molar-refractivity contribution is 6.32. The first-order valence-electron chi connectivity index (χ1n) is 7.24. The number of benzene rings is 1. The summed E-state index contributed by atoms with van der Waals surface area (Å²) in [4.78, 5) is 10.9. The van der Waals surface area contributed by atoms with Crippen molar-refractivity contribution < 1.29 is 9.53 Å². The van der Waals surface area contributed by atoms with E-state index < -0.39 is 0 Å². The van der Waals surface area contributed by atoms with Crippen LogP contribution in [0.1, 0.15) is 54.9 Å². The topological polar surface area (TPSA) is 26.3 Å². The number of unbranched alkanes of at least 4 members (excludes halogenated alkanes) is 4. The molecule has 2 nitrogen and oxygen atoms in total. The summed E-state index contributed by atoms with van der Waals surface area (Å²) in [5.74, 6) is 0.688.